The highest BCUT2D eigenvalue weighted by molar-refractivity contribution is 5.79. The van der Waals surface area contributed by atoms with Crippen LogP contribution in [-0.4, -0.2) is 30.6 Å². The molecule has 0 aliphatic heterocycles. The largest absolute Gasteiger partial charge is 0.496 e. The summed E-state index contributed by atoms with van der Waals surface area (Å²) in [6, 6.07) is 6.06. The van der Waals surface area contributed by atoms with Crippen molar-refractivity contribution in [3.63, 3.8) is 0 Å². The number of amides is 1. The molecule has 0 bridgehead atoms. The monoisotopic (exact) mass is 319 g/mol. The predicted molar refractivity (Wildman–Crippen MR) is 87.5 cm³/mol. The van der Waals surface area contributed by atoms with E-state index in [1.54, 1.807) is 7.11 Å². The third kappa shape index (κ3) is 4.71. The molecule has 0 radical (unpaired) electrons. The first-order valence-electron chi connectivity index (χ1n) is 8.15. The summed E-state index contributed by atoms with van der Waals surface area (Å²) in [4.78, 5) is 23.1. The summed E-state index contributed by atoms with van der Waals surface area (Å²) in [6.45, 7) is 2.59. The van der Waals surface area contributed by atoms with E-state index in [0.29, 0.717) is 32.2 Å². The second kappa shape index (κ2) is 7.99. The van der Waals surface area contributed by atoms with E-state index in [4.69, 9.17) is 9.84 Å². The number of aryl methyl sites for hydroxylation is 1. The van der Waals surface area contributed by atoms with Gasteiger partial charge in [0.1, 0.15) is 5.75 Å². The van der Waals surface area contributed by atoms with Crippen molar-refractivity contribution < 1.29 is 19.4 Å². The minimum Gasteiger partial charge on any atom is -0.496 e. The number of methoxy groups -OCH3 is 1. The van der Waals surface area contributed by atoms with Crippen molar-refractivity contribution in [2.24, 2.45) is 11.8 Å². The molecule has 0 spiro atoms. The maximum atomic E-state index is 12.2. The van der Waals surface area contributed by atoms with Gasteiger partial charge >= 0.3 is 5.97 Å². The van der Waals surface area contributed by atoms with E-state index >= 15 is 0 Å². The van der Waals surface area contributed by atoms with Gasteiger partial charge < -0.3 is 15.2 Å². The molecule has 23 heavy (non-hydrogen) atoms. The number of nitrogens with one attached hydrogen (secondary N) is 1. The van der Waals surface area contributed by atoms with Crippen LogP contribution in [0.3, 0.4) is 0 Å². The average Bonchev–Trinajstić information content (AvgIpc) is 2.56. The third-order valence-electron chi connectivity index (χ3n) is 4.63. The molecule has 1 amide bonds. The molecule has 5 heteroatoms. The molecule has 0 atom stereocenters. The minimum atomic E-state index is -0.739. The number of carbonyl (C=O) groups excluding carboxylic acids is 1. The van der Waals surface area contributed by atoms with Crippen LogP contribution in [0.4, 0.5) is 0 Å². The van der Waals surface area contributed by atoms with Crippen LogP contribution in [0, 0.1) is 18.8 Å². The summed E-state index contributed by atoms with van der Waals surface area (Å²) in [6.07, 6.45) is 3.29. The van der Waals surface area contributed by atoms with Gasteiger partial charge in [0.05, 0.1) is 13.0 Å². The maximum absolute atomic E-state index is 12.2. The van der Waals surface area contributed by atoms with Crippen molar-refractivity contribution in [3.05, 3.63) is 29.3 Å². The highest BCUT2D eigenvalue weighted by atomic mass is 16.5. The van der Waals surface area contributed by atoms with Gasteiger partial charge in [-0.2, -0.15) is 0 Å². The van der Waals surface area contributed by atoms with Gasteiger partial charge in [-0.3, -0.25) is 9.59 Å². The van der Waals surface area contributed by atoms with E-state index in [0.717, 1.165) is 23.3 Å². The number of hydrogen-bond acceptors (Lipinski definition) is 3. The van der Waals surface area contributed by atoms with Crippen molar-refractivity contribution in [3.8, 4) is 5.75 Å². The molecule has 1 fully saturated rings. The van der Waals surface area contributed by atoms with E-state index in [2.05, 4.69) is 5.32 Å². The Kier molecular flexibility index (Phi) is 6.02. The normalized spacial score (nSPS) is 20.8. The highest BCUT2D eigenvalue weighted by Gasteiger charge is 2.29. The molecule has 2 N–H and O–H groups in total. The zero-order valence-electron chi connectivity index (χ0n) is 13.8. The van der Waals surface area contributed by atoms with Crippen LogP contribution in [0.2, 0.25) is 0 Å². The van der Waals surface area contributed by atoms with Gasteiger partial charge in [0.15, 0.2) is 0 Å². The molecule has 5 nitrogen and oxygen atoms in total. The number of aliphatic carboxylic acids is 1. The highest BCUT2D eigenvalue weighted by Crippen LogP contribution is 2.29. The molecular weight excluding hydrogens is 294 g/mol. The van der Waals surface area contributed by atoms with Gasteiger partial charge in [0.2, 0.25) is 5.91 Å². The number of hydrogen-bond donors (Lipinski definition) is 2. The van der Waals surface area contributed by atoms with Crippen molar-refractivity contribution >= 4 is 11.9 Å². The first-order chi connectivity index (χ1) is 11.0. The zero-order chi connectivity index (χ0) is 16.8. The van der Waals surface area contributed by atoms with E-state index in [1.165, 1.54) is 0 Å². The third-order valence-corrected chi connectivity index (χ3v) is 4.63. The Hall–Kier alpha value is -2.04. The first-order valence-corrected chi connectivity index (χ1v) is 8.15. The van der Waals surface area contributed by atoms with Crippen LogP contribution in [0.1, 0.15) is 36.8 Å². The second-order valence-corrected chi connectivity index (χ2v) is 6.23. The smallest absolute Gasteiger partial charge is 0.306 e. The van der Waals surface area contributed by atoms with Crippen molar-refractivity contribution in [2.45, 2.75) is 39.0 Å². The number of carboxylic acid groups (broad SMARTS) is 1. The Bertz CT molecular complexity index is 562. The van der Waals surface area contributed by atoms with Crippen LogP contribution in [0.5, 0.6) is 5.75 Å². The van der Waals surface area contributed by atoms with Crippen molar-refractivity contribution in [2.75, 3.05) is 13.7 Å². The molecule has 0 heterocycles. The molecule has 0 saturated heterocycles. The molecule has 2 rings (SSSR count). The number of ether oxygens (including phenoxy) is 1. The van der Waals surface area contributed by atoms with Crippen LogP contribution >= 0.6 is 0 Å². The summed E-state index contributed by atoms with van der Waals surface area (Å²) in [5.41, 5.74) is 2.22. The summed E-state index contributed by atoms with van der Waals surface area (Å²) >= 11 is 0. The molecule has 1 saturated carbocycles. The summed E-state index contributed by atoms with van der Waals surface area (Å²) < 4.78 is 5.30. The predicted octanol–water partition coefficient (Wildman–Crippen LogP) is 2.55. The fourth-order valence-corrected chi connectivity index (χ4v) is 3.10. The Morgan fingerprint density at radius 1 is 1.22 bits per heavy atom. The number of benzene rings is 1. The van der Waals surface area contributed by atoms with Crippen LogP contribution < -0.4 is 10.1 Å². The molecule has 1 aliphatic carbocycles. The lowest BCUT2D eigenvalue weighted by Gasteiger charge is -2.25. The van der Waals surface area contributed by atoms with E-state index in [-0.39, 0.29) is 17.7 Å². The van der Waals surface area contributed by atoms with Crippen LogP contribution in [0.25, 0.3) is 0 Å². The summed E-state index contributed by atoms with van der Waals surface area (Å²) in [5.74, 6) is -0.150. The SMILES string of the molecule is COc1cc(CCNC(=O)C2CCC(C(=O)O)CC2)ccc1C. The average molecular weight is 319 g/mol. The Morgan fingerprint density at radius 3 is 2.48 bits per heavy atom. The van der Waals surface area contributed by atoms with E-state index in [1.807, 2.05) is 25.1 Å². The van der Waals surface area contributed by atoms with Gasteiger partial charge in [0.25, 0.3) is 0 Å². The van der Waals surface area contributed by atoms with Crippen molar-refractivity contribution in [1.29, 1.82) is 0 Å². The Balaban J connectivity index is 1.76. The molecule has 1 aromatic rings. The lowest BCUT2D eigenvalue weighted by Crippen LogP contribution is -2.35. The lowest BCUT2D eigenvalue weighted by molar-refractivity contribution is -0.144. The number of carboxylic acids is 1. The fourth-order valence-electron chi connectivity index (χ4n) is 3.10. The quantitative estimate of drug-likeness (QED) is 0.845. The fraction of sp³-hybridized carbons (Fsp3) is 0.556. The van der Waals surface area contributed by atoms with Crippen molar-refractivity contribution in [1.82, 2.24) is 5.32 Å². The van der Waals surface area contributed by atoms with Gasteiger partial charge in [-0.05, 0) is 56.2 Å². The molecular formula is C18H25NO4. The molecule has 126 valence electrons. The molecule has 1 aliphatic rings. The summed E-state index contributed by atoms with van der Waals surface area (Å²) in [5, 5.41) is 12.0. The van der Waals surface area contributed by atoms with Crippen LogP contribution in [-0.2, 0) is 16.0 Å². The molecule has 0 unspecified atom stereocenters. The second-order valence-electron chi connectivity index (χ2n) is 6.23. The maximum Gasteiger partial charge on any atom is 0.306 e. The topological polar surface area (TPSA) is 75.6 Å². The number of rotatable bonds is 6. The Labute approximate surface area is 137 Å². The number of carbonyl (C=O) groups is 2. The van der Waals surface area contributed by atoms with E-state index in [9.17, 15) is 9.59 Å². The zero-order valence-corrected chi connectivity index (χ0v) is 13.8. The first kappa shape index (κ1) is 17.3. The Morgan fingerprint density at radius 2 is 1.87 bits per heavy atom. The standard InChI is InChI=1S/C18H25NO4/c1-12-3-4-13(11-16(12)23-2)9-10-19-17(20)14-5-7-15(8-6-14)18(21)22/h3-4,11,14-15H,5-10H2,1-2H3,(H,19,20)(H,21,22). The van der Waals surface area contributed by atoms with Gasteiger partial charge in [0, 0.05) is 12.5 Å². The van der Waals surface area contributed by atoms with Crippen LogP contribution in [0.15, 0.2) is 18.2 Å². The van der Waals surface area contributed by atoms with Gasteiger partial charge in [-0.25, -0.2) is 0 Å². The minimum absolute atomic E-state index is 0.0434. The van der Waals surface area contributed by atoms with E-state index < -0.39 is 5.97 Å². The molecule has 0 aromatic heterocycles. The van der Waals surface area contributed by atoms with Gasteiger partial charge in [-0.1, -0.05) is 12.1 Å². The lowest BCUT2D eigenvalue weighted by atomic mass is 9.81. The van der Waals surface area contributed by atoms with Gasteiger partial charge in [-0.15, -0.1) is 0 Å². The summed E-state index contributed by atoms with van der Waals surface area (Å²) in [7, 11) is 1.65. The molecule has 1 aromatic carbocycles.